The molecule has 0 unspecified atom stereocenters. The third-order valence-electron chi connectivity index (χ3n) is 5.61. The maximum Gasteiger partial charge on any atom is 0.272 e. The lowest BCUT2D eigenvalue weighted by Gasteiger charge is -2.24. The van der Waals surface area contributed by atoms with Crippen molar-refractivity contribution >= 4 is 11.8 Å². The molecule has 1 aliphatic heterocycles. The molecule has 26 heavy (non-hydrogen) atoms. The third kappa shape index (κ3) is 2.79. The van der Waals surface area contributed by atoms with Crippen molar-refractivity contribution in [3.8, 4) is 0 Å². The average Bonchev–Trinajstić information content (AvgIpc) is 3.31. The SMILES string of the molecule is CN1C(=O)C[C@@H](CNC(=O)c2n[nH]c3c2CCCC3)[C@@H]1c1nccn1C. The number of carbonyl (C=O) groups is 2. The predicted octanol–water partition coefficient (Wildman–Crippen LogP) is 0.971. The van der Waals surface area contributed by atoms with Gasteiger partial charge in [0, 0.05) is 56.6 Å². The lowest BCUT2D eigenvalue weighted by molar-refractivity contribution is -0.127. The topological polar surface area (TPSA) is 95.9 Å². The highest BCUT2D eigenvalue weighted by molar-refractivity contribution is 5.94. The van der Waals surface area contributed by atoms with Crippen molar-refractivity contribution in [2.75, 3.05) is 13.6 Å². The van der Waals surface area contributed by atoms with E-state index in [0.29, 0.717) is 18.7 Å². The second-order valence-corrected chi connectivity index (χ2v) is 7.26. The molecule has 2 atom stereocenters. The zero-order chi connectivity index (χ0) is 18.3. The Morgan fingerprint density at radius 3 is 2.92 bits per heavy atom. The molecule has 8 nitrogen and oxygen atoms in total. The van der Waals surface area contributed by atoms with Crippen molar-refractivity contribution in [1.29, 1.82) is 0 Å². The van der Waals surface area contributed by atoms with Crippen LogP contribution in [0.1, 0.15) is 52.9 Å². The number of amides is 2. The van der Waals surface area contributed by atoms with Crippen LogP contribution in [0.5, 0.6) is 0 Å². The first-order valence-electron chi connectivity index (χ1n) is 9.13. The predicted molar refractivity (Wildman–Crippen MR) is 94.4 cm³/mol. The van der Waals surface area contributed by atoms with Gasteiger partial charge in [-0.1, -0.05) is 0 Å². The third-order valence-corrected chi connectivity index (χ3v) is 5.61. The van der Waals surface area contributed by atoms with E-state index in [2.05, 4.69) is 20.5 Å². The van der Waals surface area contributed by atoms with Crippen LogP contribution in [0, 0.1) is 5.92 Å². The summed E-state index contributed by atoms with van der Waals surface area (Å²) in [6.45, 7) is 0.425. The summed E-state index contributed by atoms with van der Waals surface area (Å²) < 4.78 is 1.93. The molecule has 0 radical (unpaired) electrons. The van der Waals surface area contributed by atoms with E-state index in [1.54, 1.807) is 18.1 Å². The number of hydrogen-bond acceptors (Lipinski definition) is 4. The van der Waals surface area contributed by atoms with Crippen LogP contribution in [-0.2, 0) is 24.7 Å². The molecule has 4 rings (SSSR count). The number of nitrogens with zero attached hydrogens (tertiary/aromatic N) is 4. The van der Waals surface area contributed by atoms with E-state index in [9.17, 15) is 9.59 Å². The van der Waals surface area contributed by atoms with Crippen LogP contribution in [-0.4, -0.2) is 50.1 Å². The number of aromatic amines is 1. The lowest BCUT2D eigenvalue weighted by atomic mass is 9.95. The maximum absolute atomic E-state index is 12.6. The Balaban J connectivity index is 1.48. The number of likely N-dealkylation sites (tertiary alicyclic amines) is 1. The van der Waals surface area contributed by atoms with Gasteiger partial charge in [0.1, 0.15) is 5.82 Å². The van der Waals surface area contributed by atoms with Crippen molar-refractivity contribution in [2.24, 2.45) is 13.0 Å². The molecule has 1 fully saturated rings. The van der Waals surface area contributed by atoms with Gasteiger partial charge in [-0.05, 0) is 25.7 Å². The Morgan fingerprint density at radius 2 is 2.15 bits per heavy atom. The van der Waals surface area contributed by atoms with Crippen LogP contribution in [0.15, 0.2) is 12.4 Å². The smallest absolute Gasteiger partial charge is 0.272 e. The van der Waals surface area contributed by atoms with Gasteiger partial charge in [0.25, 0.3) is 5.91 Å². The second-order valence-electron chi connectivity index (χ2n) is 7.26. The summed E-state index contributed by atoms with van der Waals surface area (Å²) in [7, 11) is 3.72. The standard InChI is InChI=1S/C18H24N6O2/c1-23-8-7-19-17(23)16-11(9-14(25)24(16)2)10-20-18(26)15-12-5-3-4-6-13(12)21-22-15/h7-8,11,16H,3-6,9-10H2,1-2H3,(H,20,26)(H,21,22)/t11-,16+/m0/s1. The highest BCUT2D eigenvalue weighted by Crippen LogP contribution is 2.35. The molecule has 0 spiro atoms. The normalized spacial score (nSPS) is 22.5. The van der Waals surface area contributed by atoms with Crippen molar-refractivity contribution < 1.29 is 9.59 Å². The zero-order valence-electron chi connectivity index (χ0n) is 15.2. The van der Waals surface area contributed by atoms with Crippen molar-refractivity contribution in [1.82, 2.24) is 30.0 Å². The number of nitrogens with one attached hydrogen (secondary N) is 2. The second kappa shape index (κ2) is 6.59. The van der Waals surface area contributed by atoms with Gasteiger partial charge in [-0.25, -0.2) is 4.98 Å². The van der Waals surface area contributed by atoms with Crippen LogP contribution in [0.3, 0.4) is 0 Å². The Labute approximate surface area is 152 Å². The molecule has 1 saturated heterocycles. The fourth-order valence-corrected chi connectivity index (χ4v) is 4.16. The lowest BCUT2D eigenvalue weighted by Crippen LogP contribution is -2.34. The molecule has 138 valence electrons. The summed E-state index contributed by atoms with van der Waals surface area (Å²) in [6.07, 6.45) is 8.10. The number of hydrogen-bond donors (Lipinski definition) is 2. The van der Waals surface area contributed by atoms with Gasteiger partial charge in [0.05, 0.1) is 6.04 Å². The summed E-state index contributed by atoms with van der Waals surface area (Å²) in [4.78, 5) is 31.0. The number of carbonyl (C=O) groups excluding carboxylic acids is 2. The highest BCUT2D eigenvalue weighted by Gasteiger charge is 2.40. The van der Waals surface area contributed by atoms with Gasteiger partial charge in [0.15, 0.2) is 5.69 Å². The molecular formula is C18H24N6O2. The average molecular weight is 356 g/mol. The van der Waals surface area contributed by atoms with E-state index in [-0.39, 0.29) is 23.8 Å². The van der Waals surface area contributed by atoms with Gasteiger partial charge in [0.2, 0.25) is 5.91 Å². The number of imidazole rings is 1. The van der Waals surface area contributed by atoms with Crippen LogP contribution < -0.4 is 5.32 Å². The largest absolute Gasteiger partial charge is 0.350 e. The summed E-state index contributed by atoms with van der Waals surface area (Å²) in [6, 6.07) is -0.129. The monoisotopic (exact) mass is 356 g/mol. The molecular weight excluding hydrogens is 332 g/mol. The van der Waals surface area contributed by atoms with Crippen LogP contribution >= 0.6 is 0 Å². The molecule has 2 N–H and O–H groups in total. The van der Waals surface area contributed by atoms with E-state index >= 15 is 0 Å². The number of H-pyrrole nitrogens is 1. The molecule has 8 heteroatoms. The number of aromatic nitrogens is 4. The van der Waals surface area contributed by atoms with Gasteiger partial charge in [-0.2, -0.15) is 5.10 Å². The first-order valence-corrected chi connectivity index (χ1v) is 9.13. The number of fused-ring (bicyclic) bond motifs is 1. The fourth-order valence-electron chi connectivity index (χ4n) is 4.16. The Morgan fingerprint density at radius 1 is 1.35 bits per heavy atom. The van der Waals surface area contributed by atoms with Crippen molar-refractivity contribution in [3.63, 3.8) is 0 Å². The molecule has 0 saturated carbocycles. The molecule has 0 bridgehead atoms. The first kappa shape index (κ1) is 16.8. The van der Waals surface area contributed by atoms with Crippen LogP contribution in [0.25, 0.3) is 0 Å². The minimum Gasteiger partial charge on any atom is -0.350 e. The van der Waals surface area contributed by atoms with Gasteiger partial charge in [-0.15, -0.1) is 0 Å². The van der Waals surface area contributed by atoms with Gasteiger partial charge < -0.3 is 14.8 Å². The van der Waals surface area contributed by atoms with Crippen LogP contribution in [0.2, 0.25) is 0 Å². The molecule has 2 aromatic rings. The quantitative estimate of drug-likeness (QED) is 0.853. The van der Waals surface area contributed by atoms with E-state index in [1.165, 1.54) is 0 Å². The summed E-state index contributed by atoms with van der Waals surface area (Å²) in [5.41, 5.74) is 2.64. The number of rotatable bonds is 4. The van der Waals surface area contributed by atoms with Gasteiger partial charge >= 0.3 is 0 Å². The molecule has 2 amide bonds. The van der Waals surface area contributed by atoms with E-state index in [1.807, 2.05) is 17.8 Å². The Bertz CT molecular complexity index is 839. The minimum atomic E-state index is -0.162. The van der Waals surface area contributed by atoms with Crippen LogP contribution in [0.4, 0.5) is 0 Å². The summed E-state index contributed by atoms with van der Waals surface area (Å²) in [5, 5.41) is 10.2. The zero-order valence-corrected chi connectivity index (χ0v) is 15.2. The van der Waals surface area contributed by atoms with E-state index in [4.69, 9.17) is 0 Å². The summed E-state index contributed by atoms with van der Waals surface area (Å²) >= 11 is 0. The molecule has 3 heterocycles. The van der Waals surface area contributed by atoms with Crippen molar-refractivity contribution in [3.05, 3.63) is 35.2 Å². The van der Waals surface area contributed by atoms with E-state index in [0.717, 1.165) is 42.8 Å². The molecule has 2 aromatic heterocycles. The first-order chi connectivity index (χ1) is 12.6. The highest BCUT2D eigenvalue weighted by atomic mass is 16.2. The van der Waals surface area contributed by atoms with E-state index < -0.39 is 0 Å². The summed E-state index contributed by atoms with van der Waals surface area (Å²) in [5.74, 6) is 0.751. The fraction of sp³-hybridized carbons (Fsp3) is 0.556. The molecule has 0 aromatic carbocycles. The maximum atomic E-state index is 12.6. The molecule has 1 aliphatic carbocycles. The minimum absolute atomic E-state index is 0.00711. The molecule has 2 aliphatic rings. The Kier molecular flexibility index (Phi) is 4.26. The van der Waals surface area contributed by atoms with Gasteiger partial charge in [-0.3, -0.25) is 14.7 Å². The Hall–Kier alpha value is -2.64. The van der Waals surface area contributed by atoms with Crippen molar-refractivity contribution in [2.45, 2.75) is 38.1 Å². The number of aryl methyl sites for hydroxylation is 2.